The van der Waals surface area contributed by atoms with Gasteiger partial charge in [-0.3, -0.25) is 4.79 Å². The van der Waals surface area contributed by atoms with Crippen LogP contribution in [-0.2, 0) is 23.8 Å². The summed E-state index contributed by atoms with van der Waals surface area (Å²) in [6.07, 6.45) is -1.15. The minimum absolute atomic E-state index is 0.0480. The Bertz CT molecular complexity index is 1070. The maximum absolute atomic E-state index is 12.7. The van der Waals surface area contributed by atoms with Crippen molar-refractivity contribution >= 4 is 18.0 Å². The van der Waals surface area contributed by atoms with Gasteiger partial charge in [-0.1, -0.05) is 48.5 Å². The summed E-state index contributed by atoms with van der Waals surface area (Å²) in [7, 11) is 0. The van der Waals surface area contributed by atoms with E-state index in [1.54, 1.807) is 0 Å². The number of carbonyl (C=O) groups is 3. The number of aliphatic carboxylic acids is 1. The van der Waals surface area contributed by atoms with Crippen LogP contribution in [0.5, 0.6) is 0 Å². The van der Waals surface area contributed by atoms with Gasteiger partial charge >= 0.3 is 12.1 Å². The quantitative estimate of drug-likeness (QED) is 0.556. The predicted octanol–water partition coefficient (Wildman–Crippen LogP) is 2.43. The van der Waals surface area contributed by atoms with Crippen molar-refractivity contribution in [2.45, 2.75) is 49.5 Å². The second-order valence-electron chi connectivity index (χ2n) is 9.06. The normalized spacial score (nSPS) is 25.0. The van der Waals surface area contributed by atoms with Crippen molar-refractivity contribution in [2.75, 3.05) is 19.8 Å². The molecule has 2 saturated heterocycles. The molecule has 184 valence electrons. The highest BCUT2D eigenvalue weighted by molar-refractivity contribution is 5.83. The van der Waals surface area contributed by atoms with Gasteiger partial charge in [0.15, 0.2) is 12.2 Å². The number of amides is 2. The summed E-state index contributed by atoms with van der Waals surface area (Å²) < 4.78 is 16.6. The molecule has 35 heavy (non-hydrogen) atoms. The molecule has 0 aromatic heterocycles. The molecule has 9 nitrogen and oxygen atoms in total. The molecule has 0 spiro atoms. The molecule has 2 fully saturated rings. The fourth-order valence-electron chi connectivity index (χ4n) is 5.14. The Morgan fingerprint density at radius 1 is 0.971 bits per heavy atom. The Morgan fingerprint density at radius 3 is 2.31 bits per heavy atom. The fraction of sp³-hybridized carbons (Fsp3) is 0.423. The minimum atomic E-state index is -0.995. The average molecular weight is 481 g/mol. The van der Waals surface area contributed by atoms with Crippen LogP contribution in [0.15, 0.2) is 48.5 Å². The van der Waals surface area contributed by atoms with Crippen molar-refractivity contribution in [3.8, 4) is 11.1 Å². The van der Waals surface area contributed by atoms with E-state index in [1.165, 1.54) is 0 Å². The van der Waals surface area contributed by atoms with Gasteiger partial charge in [-0.2, -0.15) is 0 Å². The number of carboxylic acids is 1. The van der Waals surface area contributed by atoms with Crippen LogP contribution < -0.4 is 10.6 Å². The van der Waals surface area contributed by atoms with Crippen LogP contribution in [-0.4, -0.2) is 67.2 Å². The lowest BCUT2D eigenvalue weighted by Gasteiger charge is -2.21. The molecule has 9 heteroatoms. The van der Waals surface area contributed by atoms with Crippen LogP contribution in [0.25, 0.3) is 11.1 Å². The highest BCUT2D eigenvalue weighted by Gasteiger charge is 2.37. The van der Waals surface area contributed by atoms with Gasteiger partial charge in [0, 0.05) is 19.1 Å². The smallest absolute Gasteiger partial charge is 0.407 e. The molecule has 5 rings (SSSR count). The molecule has 3 N–H and O–H groups in total. The molecule has 0 bridgehead atoms. The van der Waals surface area contributed by atoms with E-state index < -0.39 is 30.3 Å². The van der Waals surface area contributed by atoms with E-state index >= 15 is 0 Å². The molecule has 3 aliphatic rings. The third-order valence-corrected chi connectivity index (χ3v) is 6.88. The summed E-state index contributed by atoms with van der Waals surface area (Å²) in [4.78, 5) is 36.3. The number of alkyl carbamates (subject to hydrolysis) is 1. The van der Waals surface area contributed by atoms with E-state index in [0.29, 0.717) is 25.9 Å². The van der Waals surface area contributed by atoms with E-state index in [-0.39, 0.29) is 31.1 Å². The number of carbonyl (C=O) groups excluding carboxylic acids is 2. The molecule has 0 radical (unpaired) electrons. The Morgan fingerprint density at radius 2 is 1.66 bits per heavy atom. The van der Waals surface area contributed by atoms with Crippen LogP contribution >= 0.6 is 0 Å². The third kappa shape index (κ3) is 4.87. The lowest BCUT2D eigenvalue weighted by Crippen LogP contribution is -2.49. The summed E-state index contributed by atoms with van der Waals surface area (Å²) in [6, 6.07) is 15.7. The average Bonchev–Trinajstić information content (AvgIpc) is 3.59. The molecule has 2 aliphatic heterocycles. The summed E-state index contributed by atoms with van der Waals surface area (Å²) in [5.41, 5.74) is 4.56. The van der Waals surface area contributed by atoms with E-state index in [2.05, 4.69) is 34.9 Å². The molecular formula is C26H28N2O7. The van der Waals surface area contributed by atoms with Gasteiger partial charge in [-0.25, -0.2) is 9.59 Å². The van der Waals surface area contributed by atoms with Gasteiger partial charge in [-0.05, 0) is 41.5 Å². The zero-order valence-electron chi connectivity index (χ0n) is 19.1. The Balaban J connectivity index is 1.13. The second kappa shape index (κ2) is 10.1. The SMILES string of the molecule is O=C(N[C@H]1CCO[C@H]1C(=O)NCC1CCC(C(=O)O)O1)OCC1c2ccccc2-c2ccccc21. The first-order valence-corrected chi connectivity index (χ1v) is 11.9. The van der Waals surface area contributed by atoms with Crippen molar-refractivity contribution in [3.63, 3.8) is 0 Å². The highest BCUT2D eigenvalue weighted by atomic mass is 16.6. The number of hydrogen-bond donors (Lipinski definition) is 3. The number of benzene rings is 2. The summed E-state index contributed by atoms with van der Waals surface area (Å²) >= 11 is 0. The van der Waals surface area contributed by atoms with Gasteiger partial charge < -0.3 is 30.0 Å². The Labute approximate surface area is 202 Å². The maximum atomic E-state index is 12.7. The zero-order valence-corrected chi connectivity index (χ0v) is 19.1. The van der Waals surface area contributed by atoms with E-state index in [9.17, 15) is 14.4 Å². The summed E-state index contributed by atoms with van der Waals surface area (Å²) in [6.45, 7) is 0.724. The topological polar surface area (TPSA) is 123 Å². The van der Waals surface area contributed by atoms with Crippen molar-refractivity contribution in [2.24, 2.45) is 0 Å². The van der Waals surface area contributed by atoms with Crippen molar-refractivity contribution < 1.29 is 33.7 Å². The zero-order chi connectivity index (χ0) is 24.4. The number of rotatable bonds is 7. The van der Waals surface area contributed by atoms with Crippen LogP contribution in [0.1, 0.15) is 36.3 Å². The van der Waals surface area contributed by atoms with Crippen LogP contribution in [0, 0.1) is 0 Å². The number of ether oxygens (including phenoxy) is 3. The van der Waals surface area contributed by atoms with Crippen LogP contribution in [0.4, 0.5) is 4.79 Å². The first-order valence-electron chi connectivity index (χ1n) is 11.9. The molecule has 2 unspecified atom stereocenters. The molecule has 2 aromatic rings. The lowest BCUT2D eigenvalue weighted by atomic mass is 9.98. The first kappa shape index (κ1) is 23.3. The second-order valence-corrected chi connectivity index (χ2v) is 9.06. The van der Waals surface area contributed by atoms with Crippen molar-refractivity contribution in [1.29, 1.82) is 0 Å². The highest BCUT2D eigenvalue weighted by Crippen LogP contribution is 2.44. The first-order chi connectivity index (χ1) is 17.0. The minimum Gasteiger partial charge on any atom is -0.479 e. The molecule has 2 amide bonds. The van der Waals surface area contributed by atoms with Gasteiger partial charge in [0.05, 0.1) is 12.1 Å². The molecule has 2 heterocycles. The number of carboxylic acid groups (broad SMARTS) is 1. The van der Waals surface area contributed by atoms with Gasteiger partial charge in [-0.15, -0.1) is 0 Å². The Kier molecular flexibility index (Phi) is 6.70. The third-order valence-electron chi connectivity index (χ3n) is 6.88. The van der Waals surface area contributed by atoms with E-state index in [0.717, 1.165) is 22.3 Å². The number of fused-ring (bicyclic) bond motifs is 3. The van der Waals surface area contributed by atoms with Gasteiger partial charge in [0.25, 0.3) is 5.91 Å². The molecular weight excluding hydrogens is 452 g/mol. The largest absolute Gasteiger partial charge is 0.479 e. The molecule has 0 saturated carbocycles. The molecule has 2 aromatic carbocycles. The van der Waals surface area contributed by atoms with E-state index in [4.69, 9.17) is 19.3 Å². The maximum Gasteiger partial charge on any atom is 0.407 e. The van der Waals surface area contributed by atoms with Crippen LogP contribution in [0.3, 0.4) is 0 Å². The van der Waals surface area contributed by atoms with Crippen molar-refractivity contribution in [3.05, 3.63) is 59.7 Å². The summed E-state index contributed by atoms with van der Waals surface area (Å²) in [5, 5.41) is 14.6. The van der Waals surface area contributed by atoms with Gasteiger partial charge in [0.1, 0.15) is 6.61 Å². The number of nitrogens with one attached hydrogen (secondary N) is 2. The lowest BCUT2D eigenvalue weighted by molar-refractivity contribution is -0.149. The molecule has 4 atom stereocenters. The number of hydrogen-bond acceptors (Lipinski definition) is 6. The standard InChI is InChI=1S/C26H28N2O7/c29-24(27-13-15-9-10-22(35-15)25(30)31)23-21(11-12-33-23)28-26(32)34-14-20-18-7-3-1-5-16(18)17-6-2-4-8-19(17)20/h1-8,15,20-23H,9-14H2,(H,27,29)(H,28,32)(H,30,31)/t15?,21-,22?,23+/m0/s1. The predicted molar refractivity (Wildman–Crippen MR) is 125 cm³/mol. The van der Waals surface area contributed by atoms with Gasteiger partial charge in [0.2, 0.25) is 0 Å². The fourth-order valence-corrected chi connectivity index (χ4v) is 5.14. The van der Waals surface area contributed by atoms with E-state index in [1.807, 2.05) is 24.3 Å². The summed E-state index contributed by atoms with van der Waals surface area (Å²) in [5.74, 6) is -1.41. The van der Waals surface area contributed by atoms with Crippen LogP contribution in [0.2, 0.25) is 0 Å². The Hall–Kier alpha value is -3.43. The molecule has 1 aliphatic carbocycles. The monoisotopic (exact) mass is 480 g/mol. The van der Waals surface area contributed by atoms with Crippen molar-refractivity contribution in [1.82, 2.24) is 10.6 Å².